The lowest BCUT2D eigenvalue weighted by atomic mass is 9.78. The minimum absolute atomic E-state index is 0.209. The van der Waals surface area contributed by atoms with Crippen molar-refractivity contribution in [3.8, 4) is 0 Å². The third-order valence-corrected chi connectivity index (χ3v) is 6.17. The van der Waals surface area contributed by atoms with Gasteiger partial charge in [0.25, 0.3) is 0 Å². The lowest BCUT2D eigenvalue weighted by Gasteiger charge is -2.28. The summed E-state index contributed by atoms with van der Waals surface area (Å²) in [5.74, 6) is -2.05. The van der Waals surface area contributed by atoms with Crippen LogP contribution in [-0.2, 0) is 19.1 Å². The number of ether oxygens (including phenoxy) is 1. The van der Waals surface area contributed by atoms with Crippen molar-refractivity contribution in [2.75, 3.05) is 11.5 Å². The predicted octanol–water partition coefficient (Wildman–Crippen LogP) is 1.72. The molecule has 2 aliphatic heterocycles. The largest absolute Gasteiger partial charge is 0.463 e. The van der Waals surface area contributed by atoms with Crippen LogP contribution in [0.2, 0.25) is 0 Å². The van der Waals surface area contributed by atoms with E-state index < -0.39 is 29.4 Å². The van der Waals surface area contributed by atoms with Crippen molar-refractivity contribution >= 4 is 23.5 Å². The number of hydrogen-bond donors (Lipinski definition) is 1. The van der Waals surface area contributed by atoms with Gasteiger partial charge in [-0.3, -0.25) is 9.59 Å². The van der Waals surface area contributed by atoms with Gasteiger partial charge in [0.2, 0.25) is 17.4 Å². The van der Waals surface area contributed by atoms with Gasteiger partial charge in [0.05, 0.1) is 18.6 Å². The maximum absolute atomic E-state index is 13.5. The average molecular weight is 397 g/mol. The molecule has 4 atom stereocenters. The Balaban J connectivity index is 1.83. The van der Waals surface area contributed by atoms with Crippen LogP contribution in [0.5, 0.6) is 0 Å². The molecule has 2 fully saturated rings. The highest BCUT2D eigenvalue weighted by molar-refractivity contribution is 6.23. The van der Waals surface area contributed by atoms with E-state index in [1.165, 1.54) is 11.2 Å². The number of rotatable bonds is 5. The van der Waals surface area contributed by atoms with Crippen molar-refractivity contribution in [2.24, 2.45) is 11.8 Å². The van der Waals surface area contributed by atoms with Gasteiger partial charge < -0.3 is 14.5 Å². The van der Waals surface area contributed by atoms with E-state index in [1.807, 2.05) is 26.0 Å². The number of nitrogens with zero attached hydrogens (tertiary/aromatic N) is 1. The number of fused-ring (bicyclic) bond motifs is 1. The zero-order valence-electron chi connectivity index (χ0n) is 16.8. The molecular formula is C22H25N2O5+. The molecule has 0 aliphatic carbocycles. The number of carbonyl (C=O) groups excluding carboxylic acids is 3. The highest BCUT2D eigenvalue weighted by atomic mass is 16.5. The molecule has 2 aliphatic rings. The Labute approximate surface area is 169 Å². The van der Waals surface area contributed by atoms with E-state index in [0.717, 1.165) is 5.56 Å². The lowest BCUT2D eigenvalue weighted by Crippen LogP contribution is -2.98. The maximum Gasteiger partial charge on any atom is 0.368 e. The Morgan fingerprint density at radius 1 is 1.17 bits per heavy atom. The first-order valence-corrected chi connectivity index (χ1v) is 9.95. The minimum atomic E-state index is -1.16. The number of anilines is 1. The molecule has 0 unspecified atom stereocenters. The number of imide groups is 1. The van der Waals surface area contributed by atoms with Crippen LogP contribution in [0.25, 0.3) is 0 Å². The van der Waals surface area contributed by atoms with Gasteiger partial charge in [-0.25, -0.2) is 9.69 Å². The Morgan fingerprint density at radius 2 is 1.90 bits per heavy atom. The van der Waals surface area contributed by atoms with Crippen LogP contribution < -0.4 is 10.2 Å². The van der Waals surface area contributed by atoms with Gasteiger partial charge in [0, 0.05) is 6.42 Å². The molecular weight excluding hydrogens is 372 g/mol. The minimum Gasteiger partial charge on any atom is -0.463 e. The molecule has 1 aromatic carbocycles. The topological polar surface area (TPSA) is 93.4 Å². The van der Waals surface area contributed by atoms with Gasteiger partial charge in [0.15, 0.2) is 11.8 Å². The third kappa shape index (κ3) is 2.80. The van der Waals surface area contributed by atoms with Crippen molar-refractivity contribution < 1.29 is 28.9 Å². The monoisotopic (exact) mass is 397 g/mol. The summed E-state index contributed by atoms with van der Waals surface area (Å²) in [6, 6.07) is 10.3. The van der Waals surface area contributed by atoms with Gasteiger partial charge in [-0.15, -0.1) is 0 Å². The fourth-order valence-corrected chi connectivity index (χ4v) is 4.75. The van der Waals surface area contributed by atoms with E-state index in [-0.39, 0.29) is 18.4 Å². The zero-order valence-corrected chi connectivity index (χ0v) is 16.8. The summed E-state index contributed by atoms with van der Waals surface area (Å²) in [7, 11) is 0. The Hall–Kier alpha value is -2.93. The van der Waals surface area contributed by atoms with Crippen LogP contribution in [0.4, 0.5) is 5.69 Å². The van der Waals surface area contributed by atoms with E-state index >= 15 is 0 Å². The maximum atomic E-state index is 13.5. The van der Waals surface area contributed by atoms with Crippen molar-refractivity contribution in [1.82, 2.24) is 0 Å². The number of amides is 2. The van der Waals surface area contributed by atoms with E-state index in [9.17, 15) is 14.4 Å². The molecule has 0 spiro atoms. The number of carbonyl (C=O) groups is 3. The van der Waals surface area contributed by atoms with E-state index in [0.29, 0.717) is 17.9 Å². The molecule has 152 valence electrons. The highest BCUT2D eigenvalue weighted by Gasteiger charge is 2.72. The first-order chi connectivity index (χ1) is 13.9. The summed E-state index contributed by atoms with van der Waals surface area (Å²) < 4.78 is 10.9. The summed E-state index contributed by atoms with van der Waals surface area (Å²) >= 11 is 0. The first kappa shape index (κ1) is 19.4. The van der Waals surface area contributed by atoms with Gasteiger partial charge in [-0.05, 0) is 38.1 Å². The SMILES string of the molecule is CCOC(=O)[C@]1(CC)[NH2+][C@@H](c2ccco2)[C@H]2C(=O)N(c3ccc(C)cc3)C(=O)[C@@H]21. The molecule has 2 aromatic rings. The van der Waals surface area contributed by atoms with Crippen LogP contribution in [0.3, 0.4) is 0 Å². The fraction of sp³-hybridized carbons (Fsp3) is 0.409. The second-order valence-electron chi connectivity index (χ2n) is 7.67. The molecule has 2 N–H and O–H groups in total. The summed E-state index contributed by atoms with van der Waals surface area (Å²) in [5, 5.41) is 1.81. The second kappa shape index (κ2) is 7.15. The molecule has 0 saturated carbocycles. The van der Waals surface area contributed by atoms with Crippen LogP contribution in [0.1, 0.15) is 37.6 Å². The Kier molecular flexibility index (Phi) is 4.78. The summed E-state index contributed by atoms with van der Waals surface area (Å²) in [4.78, 5) is 41.2. The highest BCUT2D eigenvalue weighted by Crippen LogP contribution is 2.47. The predicted molar refractivity (Wildman–Crippen MR) is 104 cm³/mol. The summed E-state index contributed by atoms with van der Waals surface area (Å²) in [6.07, 6.45) is 1.90. The smallest absolute Gasteiger partial charge is 0.368 e. The molecule has 3 heterocycles. The van der Waals surface area contributed by atoms with E-state index in [2.05, 4.69) is 0 Å². The second-order valence-corrected chi connectivity index (χ2v) is 7.67. The Morgan fingerprint density at radius 3 is 2.48 bits per heavy atom. The molecule has 7 heteroatoms. The quantitative estimate of drug-likeness (QED) is 0.613. The molecule has 7 nitrogen and oxygen atoms in total. The van der Waals surface area contributed by atoms with Crippen molar-refractivity contribution in [3.05, 3.63) is 54.0 Å². The molecule has 2 saturated heterocycles. The number of esters is 1. The standard InChI is InChI=1S/C22H24N2O5/c1-4-22(21(27)28-5-2)17-16(18(23-22)15-7-6-12-29-15)19(25)24(20(17)26)14-10-8-13(3)9-11-14/h6-12,16-18,23H,4-5H2,1-3H3/p+1/t16-,17+,18-,22+/m0/s1. The van der Waals surface area contributed by atoms with Crippen molar-refractivity contribution in [3.63, 3.8) is 0 Å². The number of hydrogen-bond acceptors (Lipinski definition) is 5. The number of benzene rings is 1. The lowest BCUT2D eigenvalue weighted by molar-refractivity contribution is -0.736. The van der Waals surface area contributed by atoms with Crippen molar-refractivity contribution in [2.45, 2.75) is 38.8 Å². The molecule has 2 amide bonds. The van der Waals surface area contributed by atoms with Crippen LogP contribution in [0.15, 0.2) is 47.1 Å². The van der Waals surface area contributed by atoms with Gasteiger partial charge in [-0.1, -0.05) is 24.6 Å². The fourth-order valence-electron chi connectivity index (χ4n) is 4.75. The molecule has 0 radical (unpaired) electrons. The molecule has 29 heavy (non-hydrogen) atoms. The van der Waals surface area contributed by atoms with Gasteiger partial charge >= 0.3 is 5.97 Å². The number of nitrogens with two attached hydrogens (primary N) is 1. The zero-order chi connectivity index (χ0) is 20.8. The molecule has 4 rings (SSSR count). The van der Waals surface area contributed by atoms with Gasteiger partial charge in [-0.2, -0.15) is 0 Å². The number of quaternary nitrogens is 1. The van der Waals surface area contributed by atoms with Crippen molar-refractivity contribution in [1.29, 1.82) is 0 Å². The average Bonchev–Trinajstić information content (AvgIpc) is 3.40. The van der Waals surface area contributed by atoms with Gasteiger partial charge in [0.1, 0.15) is 11.8 Å². The van der Waals surface area contributed by atoms with E-state index in [1.54, 1.807) is 36.5 Å². The summed E-state index contributed by atoms with van der Waals surface area (Å²) in [6.45, 7) is 5.73. The molecule has 1 aromatic heterocycles. The molecule has 0 bridgehead atoms. The first-order valence-electron chi connectivity index (χ1n) is 9.95. The number of aryl methyl sites for hydroxylation is 1. The van der Waals surface area contributed by atoms with Crippen LogP contribution >= 0.6 is 0 Å². The Bertz CT molecular complexity index is 937. The van der Waals surface area contributed by atoms with E-state index in [4.69, 9.17) is 9.15 Å². The normalized spacial score (nSPS) is 28.7. The van der Waals surface area contributed by atoms with Crippen LogP contribution in [-0.4, -0.2) is 29.9 Å². The third-order valence-electron chi connectivity index (χ3n) is 6.17. The number of furan rings is 1. The van der Waals surface area contributed by atoms with Crippen LogP contribution in [0, 0.1) is 18.8 Å². The summed E-state index contributed by atoms with van der Waals surface area (Å²) in [5.41, 5.74) is 0.390.